The fourth-order valence-corrected chi connectivity index (χ4v) is 2.41. The Bertz CT molecular complexity index is 926. The van der Waals surface area contributed by atoms with E-state index in [1.807, 2.05) is 12.1 Å². The van der Waals surface area contributed by atoms with Gasteiger partial charge in [0.1, 0.15) is 28.9 Å². The van der Waals surface area contributed by atoms with Gasteiger partial charge in [-0.15, -0.1) is 0 Å². The summed E-state index contributed by atoms with van der Waals surface area (Å²) in [6.07, 6.45) is 1.39. The van der Waals surface area contributed by atoms with Gasteiger partial charge in [0.25, 0.3) is 5.91 Å². The number of hydrogen-bond donors (Lipinski definition) is 2. The van der Waals surface area contributed by atoms with Crippen molar-refractivity contribution in [2.45, 2.75) is 6.54 Å². The number of anilines is 2. The molecule has 0 radical (unpaired) electrons. The first-order valence-corrected chi connectivity index (χ1v) is 8.15. The molecular formula is C20H17F2N3O2. The first-order chi connectivity index (χ1) is 13.1. The zero-order valence-corrected chi connectivity index (χ0v) is 14.5. The van der Waals surface area contributed by atoms with Crippen molar-refractivity contribution in [2.75, 3.05) is 12.4 Å². The minimum atomic E-state index is -0.744. The molecule has 0 fully saturated rings. The first kappa shape index (κ1) is 18.3. The third-order valence-corrected chi connectivity index (χ3v) is 3.85. The van der Waals surface area contributed by atoms with Crippen LogP contribution in [0.2, 0.25) is 0 Å². The topological polar surface area (TPSA) is 63.2 Å². The number of aromatic nitrogens is 1. The number of methoxy groups -OCH3 is 1. The zero-order chi connectivity index (χ0) is 19.2. The Morgan fingerprint density at radius 3 is 2.44 bits per heavy atom. The summed E-state index contributed by atoms with van der Waals surface area (Å²) >= 11 is 0. The van der Waals surface area contributed by atoms with Gasteiger partial charge in [0.15, 0.2) is 0 Å². The molecule has 27 heavy (non-hydrogen) atoms. The SMILES string of the molecule is COc1ccc(CNC(=O)c2ccnc(Nc3c(F)cccc3F)c2)cc1. The molecule has 0 aliphatic carbocycles. The number of nitrogens with zero attached hydrogens (tertiary/aromatic N) is 1. The number of ether oxygens (including phenoxy) is 1. The van der Waals surface area contributed by atoms with E-state index in [4.69, 9.17) is 4.74 Å². The van der Waals surface area contributed by atoms with E-state index < -0.39 is 11.6 Å². The third-order valence-electron chi connectivity index (χ3n) is 3.85. The molecule has 1 amide bonds. The lowest BCUT2D eigenvalue weighted by Crippen LogP contribution is -2.22. The van der Waals surface area contributed by atoms with Crippen LogP contribution in [0.1, 0.15) is 15.9 Å². The molecule has 0 saturated heterocycles. The molecule has 2 N–H and O–H groups in total. The van der Waals surface area contributed by atoms with E-state index >= 15 is 0 Å². The van der Waals surface area contributed by atoms with E-state index in [0.29, 0.717) is 12.1 Å². The lowest BCUT2D eigenvalue weighted by Gasteiger charge is -2.10. The van der Waals surface area contributed by atoms with E-state index in [0.717, 1.165) is 23.4 Å². The Morgan fingerprint density at radius 1 is 1.07 bits per heavy atom. The summed E-state index contributed by atoms with van der Waals surface area (Å²) in [5.74, 6) is -0.922. The highest BCUT2D eigenvalue weighted by Gasteiger charge is 2.11. The molecule has 0 unspecified atom stereocenters. The van der Waals surface area contributed by atoms with Gasteiger partial charge in [-0.25, -0.2) is 13.8 Å². The quantitative estimate of drug-likeness (QED) is 0.688. The molecule has 138 valence electrons. The Balaban J connectivity index is 1.68. The molecular weight excluding hydrogens is 352 g/mol. The maximum absolute atomic E-state index is 13.7. The largest absolute Gasteiger partial charge is 0.497 e. The summed E-state index contributed by atoms with van der Waals surface area (Å²) in [5.41, 5.74) is 0.906. The normalized spacial score (nSPS) is 10.3. The Labute approximate surface area is 155 Å². The average molecular weight is 369 g/mol. The predicted molar refractivity (Wildman–Crippen MR) is 98.0 cm³/mol. The maximum Gasteiger partial charge on any atom is 0.251 e. The van der Waals surface area contributed by atoms with E-state index in [9.17, 15) is 13.6 Å². The number of nitrogens with one attached hydrogen (secondary N) is 2. The molecule has 7 heteroatoms. The summed E-state index contributed by atoms with van der Waals surface area (Å²) < 4.78 is 32.6. The minimum Gasteiger partial charge on any atom is -0.497 e. The Kier molecular flexibility index (Phi) is 5.61. The first-order valence-electron chi connectivity index (χ1n) is 8.15. The van der Waals surface area contributed by atoms with Crippen LogP contribution in [0.5, 0.6) is 5.75 Å². The van der Waals surface area contributed by atoms with E-state index in [-0.39, 0.29) is 17.4 Å². The number of rotatable bonds is 6. The van der Waals surface area contributed by atoms with Gasteiger partial charge < -0.3 is 15.4 Å². The second-order valence-electron chi connectivity index (χ2n) is 5.68. The molecule has 0 aliphatic heterocycles. The van der Waals surface area contributed by atoms with E-state index in [1.54, 1.807) is 19.2 Å². The van der Waals surface area contributed by atoms with Crippen LogP contribution in [0.15, 0.2) is 60.8 Å². The second-order valence-corrected chi connectivity index (χ2v) is 5.68. The Hall–Kier alpha value is -3.48. The van der Waals surface area contributed by atoms with Crippen LogP contribution in [0, 0.1) is 11.6 Å². The molecule has 1 heterocycles. The van der Waals surface area contributed by atoms with Crippen molar-refractivity contribution in [1.82, 2.24) is 10.3 Å². The molecule has 0 aliphatic rings. The van der Waals surface area contributed by atoms with Crippen LogP contribution >= 0.6 is 0 Å². The number of hydrogen-bond acceptors (Lipinski definition) is 4. The third kappa shape index (κ3) is 4.58. The van der Waals surface area contributed by atoms with Crippen LogP contribution in [-0.4, -0.2) is 18.0 Å². The molecule has 3 rings (SSSR count). The van der Waals surface area contributed by atoms with Gasteiger partial charge in [-0.2, -0.15) is 0 Å². The van der Waals surface area contributed by atoms with E-state index in [1.165, 1.54) is 24.4 Å². The van der Waals surface area contributed by atoms with Crippen LogP contribution in [0.3, 0.4) is 0 Å². The molecule has 2 aromatic carbocycles. The van der Waals surface area contributed by atoms with Crippen LogP contribution in [-0.2, 0) is 6.54 Å². The summed E-state index contributed by atoms with van der Waals surface area (Å²) in [6.45, 7) is 0.329. The molecule has 0 bridgehead atoms. The number of benzene rings is 2. The zero-order valence-electron chi connectivity index (χ0n) is 14.5. The maximum atomic E-state index is 13.7. The summed E-state index contributed by atoms with van der Waals surface area (Å²) in [6, 6.07) is 13.8. The second kappa shape index (κ2) is 8.27. The summed E-state index contributed by atoms with van der Waals surface area (Å²) in [4.78, 5) is 16.3. The minimum absolute atomic E-state index is 0.163. The van der Waals surface area contributed by atoms with Crippen LogP contribution in [0.4, 0.5) is 20.3 Å². The summed E-state index contributed by atoms with van der Waals surface area (Å²) in [7, 11) is 1.58. The molecule has 1 aromatic heterocycles. The van der Waals surface area contributed by atoms with Crippen molar-refractivity contribution in [2.24, 2.45) is 0 Å². The highest BCUT2D eigenvalue weighted by molar-refractivity contribution is 5.94. The predicted octanol–water partition coefficient (Wildman–Crippen LogP) is 4.04. The monoisotopic (exact) mass is 369 g/mol. The Morgan fingerprint density at radius 2 is 1.78 bits per heavy atom. The number of amides is 1. The number of halogens is 2. The van der Waals surface area contributed by atoms with Crippen molar-refractivity contribution in [3.8, 4) is 5.75 Å². The molecule has 3 aromatic rings. The number of pyridine rings is 1. The van der Waals surface area contributed by atoms with Crippen LogP contribution < -0.4 is 15.4 Å². The number of carbonyl (C=O) groups is 1. The summed E-state index contributed by atoms with van der Waals surface area (Å²) in [5, 5.41) is 5.35. The molecule has 0 spiro atoms. The molecule has 0 atom stereocenters. The smallest absolute Gasteiger partial charge is 0.251 e. The van der Waals surface area contributed by atoms with Gasteiger partial charge in [0, 0.05) is 18.3 Å². The average Bonchev–Trinajstić information content (AvgIpc) is 2.69. The van der Waals surface area contributed by atoms with Gasteiger partial charge in [-0.1, -0.05) is 18.2 Å². The highest BCUT2D eigenvalue weighted by Crippen LogP contribution is 2.22. The van der Waals surface area contributed by atoms with Crippen molar-refractivity contribution in [1.29, 1.82) is 0 Å². The lowest BCUT2D eigenvalue weighted by atomic mass is 10.2. The number of para-hydroxylation sites is 1. The molecule has 5 nitrogen and oxygen atoms in total. The van der Waals surface area contributed by atoms with Gasteiger partial charge in [-0.3, -0.25) is 4.79 Å². The van der Waals surface area contributed by atoms with Gasteiger partial charge in [-0.05, 0) is 42.0 Å². The highest BCUT2D eigenvalue weighted by atomic mass is 19.1. The fourth-order valence-electron chi connectivity index (χ4n) is 2.41. The molecule has 0 saturated carbocycles. The van der Waals surface area contributed by atoms with Crippen molar-refractivity contribution in [3.05, 3.63) is 83.6 Å². The van der Waals surface area contributed by atoms with Crippen molar-refractivity contribution in [3.63, 3.8) is 0 Å². The standard InChI is InChI=1S/C20H17F2N3O2/c1-27-15-7-5-13(6-8-15)12-24-20(26)14-9-10-23-18(11-14)25-19-16(21)3-2-4-17(19)22/h2-11H,12H2,1H3,(H,23,25)(H,24,26). The van der Waals surface area contributed by atoms with Crippen LogP contribution in [0.25, 0.3) is 0 Å². The van der Waals surface area contributed by atoms with Gasteiger partial charge in [0.05, 0.1) is 7.11 Å². The lowest BCUT2D eigenvalue weighted by molar-refractivity contribution is 0.0951. The van der Waals surface area contributed by atoms with Crippen molar-refractivity contribution >= 4 is 17.4 Å². The van der Waals surface area contributed by atoms with Gasteiger partial charge >= 0.3 is 0 Å². The van der Waals surface area contributed by atoms with E-state index in [2.05, 4.69) is 15.6 Å². The van der Waals surface area contributed by atoms with Crippen molar-refractivity contribution < 1.29 is 18.3 Å². The number of carbonyl (C=O) groups excluding carboxylic acids is 1. The fraction of sp³-hybridized carbons (Fsp3) is 0.100. The van der Waals surface area contributed by atoms with Gasteiger partial charge in [0.2, 0.25) is 0 Å².